The largest absolute Gasteiger partial charge is 0.463 e. The number of carbonyl (C=O) groups is 1. The molecule has 3 aromatic heterocycles. The van der Waals surface area contributed by atoms with E-state index in [0.29, 0.717) is 18.2 Å². The van der Waals surface area contributed by atoms with Crippen LogP contribution in [0.2, 0.25) is 0 Å². The molecule has 1 aliphatic rings. The van der Waals surface area contributed by atoms with Gasteiger partial charge in [-0.3, -0.25) is 9.48 Å². The van der Waals surface area contributed by atoms with Gasteiger partial charge in [0, 0.05) is 19.0 Å². The fourth-order valence-electron chi connectivity index (χ4n) is 2.49. The first-order valence-corrected chi connectivity index (χ1v) is 7.52. The maximum absolute atomic E-state index is 12.1. The van der Waals surface area contributed by atoms with Gasteiger partial charge in [0.25, 0.3) is 5.91 Å². The molecule has 0 atom stereocenters. The number of amides is 1. The van der Waals surface area contributed by atoms with Crippen LogP contribution in [0.4, 0.5) is 0 Å². The van der Waals surface area contributed by atoms with E-state index in [1.165, 1.54) is 0 Å². The fourth-order valence-corrected chi connectivity index (χ4v) is 2.49. The summed E-state index contributed by atoms with van der Waals surface area (Å²) in [6.07, 6.45) is 3.84. The van der Waals surface area contributed by atoms with Crippen molar-refractivity contribution in [3.63, 3.8) is 0 Å². The Bertz CT molecular complexity index is 828. The van der Waals surface area contributed by atoms with Gasteiger partial charge in [-0.15, -0.1) is 0 Å². The second kappa shape index (κ2) is 5.42. The molecule has 7 heteroatoms. The summed E-state index contributed by atoms with van der Waals surface area (Å²) in [6, 6.07) is 7.30. The van der Waals surface area contributed by atoms with E-state index in [0.717, 1.165) is 35.7 Å². The van der Waals surface area contributed by atoms with E-state index in [9.17, 15) is 4.79 Å². The summed E-state index contributed by atoms with van der Waals surface area (Å²) >= 11 is 0. The molecule has 0 saturated heterocycles. The Labute approximate surface area is 132 Å². The highest BCUT2D eigenvalue weighted by Gasteiger charge is 2.28. The molecule has 0 bridgehead atoms. The van der Waals surface area contributed by atoms with E-state index in [-0.39, 0.29) is 5.91 Å². The first-order valence-electron chi connectivity index (χ1n) is 7.52. The molecule has 0 radical (unpaired) electrons. The Morgan fingerprint density at radius 2 is 2.30 bits per heavy atom. The van der Waals surface area contributed by atoms with Gasteiger partial charge < -0.3 is 14.3 Å². The molecule has 0 aromatic carbocycles. The summed E-state index contributed by atoms with van der Waals surface area (Å²) in [5.74, 6) is 1.72. The van der Waals surface area contributed by atoms with Gasteiger partial charge in [0.05, 0.1) is 18.5 Å². The number of furan rings is 1. The predicted octanol–water partition coefficient (Wildman–Crippen LogP) is 2.48. The molecule has 118 valence electrons. The third kappa shape index (κ3) is 2.77. The molecule has 4 rings (SSSR count). The summed E-state index contributed by atoms with van der Waals surface area (Å²) < 4.78 is 12.3. The average Bonchev–Trinajstić information content (AvgIpc) is 2.97. The van der Waals surface area contributed by atoms with Gasteiger partial charge in [-0.05, 0) is 31.0 Å². The topological polar surface area (TPSA) is 86.1 Å². The molecule has 0 unspecified atom stereocenters. The Hall–Kier alpha value is -2.83. The highest BCUT2D eigenvalue weighted by atomic mass is 16.5. The minimum Gasteiger partial charge on any atom is -0.463 e. The number of hydrogen-bond donors (Lipinski definition) is 1. The Morgan fingerprint density at radius 3 is 3.04 bits per heavy atom. The van der Waals surface area contributed by atoms with Crippen LogP contribution in [-0.2, 0) is 13.6 Å². The minimum atomic E-state index is -0.258. The van der Waals surface area contributed by atoms with E-state index in [1.54, 1.807) is 17.0 Å². The highest BCUT2D eigenvalue weighted by molar-refractivity contribution is 5.92. The van der Waals surface area contributed by atoms with Gasteiger partial charge in [-0.1, -0.05) is 5.16 Å². The lowest BCUT2D eigenvalue weighted by Crippen LogP contribution is -2.23. The van der Waals surface area contributed by atoms with Crippen LogP contribution >= 0.6 is 0 Å². The number of aryl methyl sites for hydroxylation is 1. The van der Waals surface area contributed by atoms with Crippen LogP contribution in [0.15, 0.2) is 39.5 Å². The van der Waals surface area contributed by atoms with Crippen molar-refractivity contribution in [2.45, 2.75) is 25.3 Å². The number of carbonyl (C=O) groups excluding carboxylic acids is 1. The molecule has 3 heterocycles. The number of aromatic nitrogens is 3. The maximum atomic E-state index is 12.1. The molecule has 23 heavy (non-hydrogen) atoms. The van der Waals surface area contributed by atoms with Gasteiger partial charge in [0.1, 0.15) is 11.5 Å². The normalized spacial score (nSPS) is 14.1. The summed E-state index contributed by atoms with van der Waals surface area (Å²) in [5, 5.41) is 11.0. The molecule has 1 saturated carbocycles. The Kier molecular flexibility index (Phi) is 3.25. The number of hydrogen-bond acceptors (Lipinski definition) is 5. The van der Waals surface area contributed by atoms with Crippen molar-refractivity contribution in [2.75, 3.05) is 0 Å². The molecule has 7 nitrogen and oxygen atoms in total. The lowest BCUT2D eigenvalue weighted by molar-refractivity contribution is 0.0941. The van der Waals surface area contributed by atoms with Crippen LogP contribution in [0.1, 0.15) is 40.7 Å². The number of rotatable bonds is 5. The first-order chi connectivity index (χ1) is 11.2. The van der Waals surface area contributed by atoms with Crippen LogP contribution in [0.25, 0.3) is 11.5 Å². The van der Waals surface area contributed by atoms with Gasteiger partial charge >= 0.3 is 0 Å². The van der Waals surface area contributed by atoms with Crippen LogP contribution in [-0.4, -0.2) is 20.8 Å². The Balaban J connectivity index is 1.42. The highest BCUT2D eigenvalue weighted by Crippen LogP contribution is 2.40. The monoisotopic (exact) mass is 312 g/mol. The van der Waals surface area contributed by atoms with Gasteiger partial charge in [-0.2, -0.15) is 5.10 Å². The minimum absolute atomic E-state index is 0.258. The second-order valence-corrected chi connectivity index (χ2v) is 5.69. The van der Waals surface area contributed by atoms with Gasteiger partial charge in [0.2, 0.25) is 0 Å². The van der Waals surface area contributed by atoms with Crippen molar-refractivity contribution in [2.24, 2.45) is 7.05 Å². The third-order valence-corrected chi connectivity index (χ3v) is 3.87. The van der Waals surface area contributed by atoms with Gasteiger partial charge in [0.15, 0.2) is 11.5 Å². The van der Waals surface area contributed by atoms with Crippen molar-refractivity contribution in [1.29, 1.82) is 0 Å². The Morgan fingerprint density at radius 1 is 1.43 bits per heavy atom. The van der Waals surface area contributed by atoms with Crippen LogP contribution in [0, 0.1) is 0 Å². The summed E-state index contributed by atoms with van der Waals surface area (Å²) in [6.45, 7) is 0.318. The number of nitrogens with zero attached hydrogens (tertiary/aromatic N) is 3. The molecule has 0 aliphatic heterocycles. The molecular formula is C16H16N4O3. The molecule has 1 amide bonds. The van der Waals surface area contributed by atoms with Crippen molar-refractivity contribution in [3.8, 4) is 11.5 Å². The van der Waals surface area contributed by atoms with E-state index in [2.05, 4.69) is 15.6 Å². The number of nitrogens with one attached hydrogen (secondary N) is 1. The maximum Gasteiger partial charge on any atom is 0.273 e. The standard InChI is InChI=1S/C16H16N4O3/c1-20-13(14-3-2-6-22-14)7-11(18-20)9-17-16(21)12-8-15(23-19-12)10-4-5-10/h2-3,6-8,10H,4-5,9H2,1H3,(H,17,21). The second-order valence-electron chi connectivity index (χ2n) is 5.69. The average molecular weight is 312 g/mol. The van der Waals surface area contributed by atoms with E-state index in [4.69, 9.17) is 8.94 Å². The zero-order valence-corrected chi connectivity index (χ0v) is 12.7. The lowest BCUT2D eigenvalue weighted by atomic mass is 10.2. The van der Waals surface area contributed by atoms with E-state index < -0.39 is 0 Å². The fraction of sp³-hybridized carbons (Fsp3) is 0.312. The molecule has 3 aromatic rings. The quantitative estimate of drug-likeness (QED) is 0.782. The van der Waals surface area contributed by atoms with Crippen LogP contribution in [0.5, 0.6) is 0 Å². The smallest absolute Gasteiger partial charge is 0.273 e. The lowest BCUT2D eigenvalue weighted by Gasteiger charge is -1.98. The van der Waals surface area contributed by atoms with Crippen molar-refractivity contribution in [1.82, 2.24) is 20.3 Å². The molecule has 1 N–H and O–H groups in total. The summed E-state index contributed by atoms with van der Waals surface area (Å²) in [5.41, 5.74) is 1.92. The van der Waals surface area contributed by atoms with Crippen molar-refractivity contribution >= 4 is 5.91 Å². The summed E-state index contributed by atoms with van der Waals surface area (Å²) in [4.78, 5) is 12.1. The van der Waals surface area contributed by atoms with Crippen LogP contribution in [0.3, 0.4) is 0 Å². The molecular weight excluding hydrogens is 296 g/mol. The van der Waals surface area contributed by atoms with Crippen molar-refractivity contribution < 1.29 is 13.7 Å². The molecule has 1 fully saturated rings. The zero-order chi connectivity index (χ0) is 15.8. The van der Waals surface area contributed by atoms with E-state index in [1.807, 2.05) is 25.2 Å². The molecule has 1 aliphatic carbocycles. The van der Waals surface area contributed by atoms with Crippen LogP contribution < -0.4 is 5.32 Å². The van der Waals surface area contributed by atoms with E-state index >= 15 is 0 Å². The third-order valence-electron chi connectivity index (χ3n) is 3.87. The first kappa shape index (κ1) is 13.8. The summed E-state index contributed by atoms with van der Waals surface area (Å²) in [7, 11) is 1.84. The zero-order valence-electron chi connectivity index (χ0n) is 12.7. The molecule has 0 spiro atoms. The SMILES string of the molecule is Cn1nc(CNC(=O)c2cc(C3CC3)on2)cc1-c1ccco1. The predicted molar refractivity (Wildman–Crippen MR) is 80.6 cm³/mol. The van der Waals surface area contributed by atoms with Crippen molar-refractivity contribution in [3.05, 3.63) is 47.7 Å². The van der Waals surface area contributed by atoms with Gasteiger partial charge in [-0.25, -0.2) is 0 Å².